The molecule has 3 aromatic rings. The molecule has 2 heterocycles. The lowest BCUT2D eigenvalue weighted by atomic mass is 9.96. The number of rotatable bonds is 5. The zero-order valence-electron chi connectivity index (χ0n) is 16.3. The quantitative estimate of drug-likeness (QED) is 0.572. The van der Waals surface area contributed by atoms with Crippen LogP contribution in [0.4, 0.5) is 4.39 Å². The number of hydrogen-bond acceptors (Lipinski definition) is 6. The van der Waals surface area contributed by atoms with Gasteiger partial charge in [-0.25, -0.2) is 12.8 Å². The number of aryl methyl sites for hydroxylation is 1. The van der Waals surface area contributed by atoms with Crippen molar-refractivity contribution in [1.82, 2.24) is 14.4 Å². The second-order valence-electron chi connectivity index (χ2n) is 7.27. The maximum Gasteiger partial charge on any atom is 0.268 e. The summed E-state index contributed by atoms with van der Waals surface area (Å²) in [5.74, 6) is 0.234. The highest BCUT2D eigenvalue weighted by Crippen LogP contribution is 2.36. The fraction of sp³-hybridized carbons (Fsp3) is 0.400. The Hall–Kier alpha value is -2.10. The molecular formula is C20H22FN3O3S2. The molecule has 9 heteroatoms. The van der Waals surface area contributed by atoms with E-state index < -0.39 is 10.0 Å². The Bertz CT molecular complexity index is 1100. The Balaban J connectivity index is 1.62. The third-order valence-electron chi connectivity index (χ3n) is 5.36. The van der Waals surface area contributed by atoms with Gasteiger partial charge in [0.1, 0.15) is 5.82 Å². The maximum absolute atomic E-state index is 13.2. The lowest BCUT2D eigenvalue weighted by molar-refractivity contribution is 0.286. The van der Waals surface area contributed by atoms with Gasteiger partial charge in [-0.1, -0.05) is 24.4 Å². The van der Waals surface area contributed by atoms with Crippen molar-refractivity contribution in [2.24, 2.45) is 0 Å². The van der Waals surface area contributed by atoms with Crippen LogP contribution in [0.5, 0.6) is 0 Å². The summed E-state index contributed by atoms with van der Waals surface area (Å²) in [6.07, 6.45) is 5.09. The smallest absolute Gasteiger partial charge is 0.268 e. The number of benzene rings is 1. The van der Waals surface area contributed by atoms with Gasteiger partial charge in [0, 0.05) is 23.5 Å². The van der Waals surface area contributed by atoms with Gasteiger partial charge < -0.3 is 4.52 Å². The number of aromatic nitrogens is 2. The van der Waals surface area contributed by atoms with Crippen LogP contribution in [0.1, 0.15) is 37.0 Å². The molecule has 0 saturated heterocycles. The standard InChI is InChI=1S/C20H22FN3O3S2/c1-13-18(29(25,26)24(2)16-6-4-3-5-7-16)12-17(28-13)20-22-19(23-27-20)14-8-10-15(21)11-9-14/h8-12,16H,3-7H2,1-2H3. The monoisotopic (exact) mass is 435 g/mol. The van der Waals surface area contributed by atoms with Crippen LogP contribution in [0.25, 0.3) is 22.2 Å². The van der Waals surface area contributed by atoms with Crippen LogP contribution >= 0.6 is 11.3 Å². The van der Waals surface area contributed by atoms with Gasteiger partial charge in [-0.2, -0.15) is 9.29 Å². The molecule has 1 aliphatic carbocycles. The fourth-order valence-electron chi connectivity index (χ4n) is 3.66. The summed E-state index contributed by atoms with van der Waals surface area (Å²) >= 11 is 1.31. The van der Waals surface area contributed by atoms with E-state index in [2.05, 4.69) is 10.1 Å². The number of nitrogens with zero attached hydrogens (tertiary/aromatic N) is 3. The minimum Gasteiger partial charge on any atom is -0.333 e. The maximum atomic E-state index is 13.2. The summed E-state index contributed by atoms with van der Waals surface area (Å²) in [6.45, 7) is 1.78. The summed E-state index contributed by atoms with van der Waals surface area (Å²) in [4.78, 5) is 5.92. The minimum atomic E-state index is -3.59. The lowest BCUT2D eigenvalue weighted by Gasteiger charge is -2.30. The molecule has 4 rings (SSSR count). The fourth-order valence-corrected chi connectivity index (χ4v) is 6.56. The molecule has 0 radical (unpaired) electrons. The van der Waals surface area contributed by atoms with Gasteiger partial charge in [0.2, 0.25) is 15.8 Å². The average Bonchev–Trinajstić information content (AvgIpc) is 3.36. The zero-order chi connectivity index (χ0) is 20.6. The molecule has 0 atom stereocenters. The number of halogens is 1. The summed E-state index contributed by atoms with van der Waals surface area (Å²) in [7, 11) is -1.93. The Labute approximate surface area is 173 Å². The molecule has 1 aliphatic rings. The van der Waals surface area contributed by atoms with E-state index in [-0.39, 0.29) is 22.6 Å². The number of sulfonamides is 1. The van der Waals surface area contributed by atoms with Crippen LogP contribution in [-0.4, -0.2) is 36.0 Å². The number of hydrogen-bond donors (Lipinski definition) is 0. The third-order valence-corrected chi connectivity index (χ3v) is 8.56. The Morgan fingerprint density at radius 2 is 1.86 bits per heavy atom. The molecule has 0 N–H and O–H groups in total. The molecule has 154 valence electrons. The van der Waals surface area contributed by atoms with Crippen molar-refractivity contribution in [3.8, 4) is 22.2 Å². The van der Waals surface area contributed by atoms with Gasteiger partial charge in [0.25, 0.3) is 5.89 Å². The van der Waals surface area contributed by atoms with Crippen molar-refractivity contribution < 1.29 is 17.3 Å². The highest BCUT2D eigenvalue weighted by atomic mass is 32.2. The van der Waals surface area contributed by atoms with E-state index in [0.717, 1.165) is 25.7 Å². The second-order valence-corrected chi connectivity index (χ2v) is 10.5. The van der Waals surface area contributed by atoms with Crippen LogP contribution in [-0.2, 0) is 10.0 Å². The Kier molecular flexibility index (Phi) is 5.54. The van der Waals surface area contributed by atoms with Gasteiger partial charge in [0.05, 0.1) is 9.77 Å². The van der Waals surface area contributed by atoms with E-state index in [9.17, 15) is 12.8 Å². The Morgan fingerprint density at radius 3 is 2.55 bits per heavy atom. The third kappa shape index (κ3) is 3.99. The molecule has 1 saturated carbocycles. The van der Waals surface area contributed by atoms with E-state index in [1.54, 1.807) is 32.2 Å². The highest BCUT2D eigenvalue weighted by molar-refractivity contribution is 7.89. The topological polar surface area (TPSA) is 76.3 Å². The lowest BCUT2D eigenvalue weighted by Crippen LogP contribution is -2.38. The number of thiophene rings is 1. The van der Waals surface area contributed by atoms with Crippen LogP contribution in [0.15, 0.2) is 39.8 Å². The molecule has 0 bridgehead atoms. The van der Waals surface area contributed by atoms with Crippen molar-refractivity contribution in [1.29, 1.82) is 0 Å². The van der Waals surface area contributed by atoms with Crippen molar-refractivity contribution >= 4 is 21.4 Å². The molecule has 29 heavy (non-hydrogen) atoms. The first kappa shape index (κ1) is 20.2. The molecule has 0 spiro atoms. The van der Waals surface area contributed by atoms with Gasteiger partial charge in [0.15, 0.2) is 0 Å². The summed E-state index contributed by atoms with van der Waals surface area (Å²) in [6, 6.07) is 7.44. The normalized spacial score (nSPS) is 15.9. The first-order valence-electron chi connectivity index (χ1n) is 9.55. The van der Waals surface area contributed by atoms with Crippen molar-refractivity contribution in [2.75, 3.05) is 7.05 Å². The van der Waals surface area contributed by atoms with Crippen LogP contribution < -0.4 is 0 Å². The molecule has 2 aromatic heterocycles. The molecule has 0 aliphatic heterocycles. The van der Waals surface area contributed by atoms with Gasteiger partial charge >= 0.3 is 0 Å². The van der Waals surface area contributed by atoms with E-state index in [4.69, 9.17) is 4.52 Å². The van der Waals surface area contributed by atoms with E-state index in [1.165, 1.54) is 34.2 Å². The van der Waals surface area contributed by atoms with Crippen molar-refractivity contribution in [3.63, 3.8) is 0 Å². The predicted octanol–water partition coefficient (Wildman–Crippen LogP) is 4.87. The van der Waals surface area contributed by atoms with Crippen LogP contribution in [0.2, 0.25) is 0 Å². The van der Waals surface area contributed by atoms with Gasteiger partial charge in [-0.3, -0.25) is 0 Å². The van der Waals surface area contributed by atoms with E-state index in [0.29, 0.717) is 21.1 Å². The molecule has 0 amide bonds. The minimum absolute atomic E-state index is 0.0463. The molecule has 1 aromatic carbocycles. The molecule has 1 fully saturated rings. The zero-order valence-corrected chi connectivity index (χ0v) is 17.9. The highest BCUT2D eigenvalue weighted by Gasteiger charge is 2.32. The summed E-state index contributed by atoms with van der Waals surface area (Å²) in [5.41, 5.74) is 0.625. The van der Waals surface area contributed by atoms with Crippen molar-refractivity contribution in [3.05, 3.63) is 41.0 Å². The van der Waals surface area contributed by atoms with Crippen LogP contribution in [0.3, 0.4) is 0 Å². The first-order chi connectivity index (χ1) is 13.9. The molecule has 6 nitrogen and oxygen atoms in total. The average molecular weight is 436 g/mol. The SMILES string of the molecule is Cc1sc(-c2nc(-c3ccc(F)cc3)no2)cc1S(=O)(=O)N(C)C1CCCCC1. The first-order valence-corrected chi connectivity index (χ1v) is 11.8. The second kappa shape index (κ2) is 7.97. The van der Waals surface area contributed by atoms with Gasteiger partial charge in [-0.15, -0.1) is 11.3 Å². The van der Waals surface area contributed by atoms with E-state index >= 15 is 0 Å². The van der Waals surface area contributed by atoms with Gasteiger partial charge in [-0.05, 0) is 50.1 Å². The predicted molar refractivity (Wildman–Crippen MR) is 110 cm³/mol. The van der Waals surface area contributed by atoms with Crippen LogP contribution in [0, 0.1) is 12.7 Å². The molecule has 0 unspecified atom stereocenters. The summed E-state index contributed by atoms with van der Waals surface area (Å²) in [5, 5.41) is 3.94. The Morgan fingerprint density at radius 1 is 1.17 bits per heavy atom. The van der Waals surface area contributed by atoms with Crippen molar-refractivity contribution in [2.45, 2.75) is 50.0 Å². The molecular weight excluding hydrogens is 413 g/mol. The summed E-state index contributed by atoms with van der Waals surface area (Å²) < 4.78 is 46.3. The largest absolute Gasteiger partial charge is 0.333 e. The van der Waals surface area contributed by atoms with E-state index in [1.807, 2.05) is 0 Å².